The topological polar surface area (TPSA) is 24.8 Å². The van der Waals surface area contributed by atoms with E-state index in [0.717, 1.165) is 16.5 Å². The third-order valence-electron chi connectivity index (χ3n) is 5.46. The second kappa shape index (κ2) is 8.73. The molecule has 4 rings (SSSR count). The smallest absolute Gasteiger partial charge is 0.224 e. The van der Waals surface area contributed by atoms with Crippen LogP contribution in [0, 0.1) is 36.1 Å². The first kappa shape index (κ1) is 22.6. The summed E-state index contributed by atoms with van der Waals surface area (Å²) in [5, 5.41) is 0. The molecular formula is C26H22F4N2O. The van der Waals surface area contributed by atoms with Crippen molar-refractivity contribution < 1.29 is 22.3 Å². The highest BCUT2D eigenvalue weighted by Gasteiger charge is 2.26. The van der Waals surface area contributed by atoms with Crippen molar-refractivity contribution in [3.05, 3.63) is 89.1 Å². The third kappa shape index (κ3) is 4.23. The summed E-state index contributed by atoms with van der Waals surface area (Å²) in [7, 11) is 1.36. The van der Waals surface area contributed by atoms with Gasteiger partial charge in [0.05, 0.1) is 5.69 Å². The van der Waals surface area contributed by atoms with Crippen LogP contribution in [0.1, 0.15) is 19.4 Å². The average Bonchev–Trinajstić information content (AvgIpc) is 2.73. The minimum absolute atomic E-state index is 0.0621. The third-order valence-corrected chi connectivity index (χ3v) is 5.46. The number of nitrogens with zero attached hydrogens (tertiary/aromatic N) is 2. The van der Waals surface area contributed by atoms with Gasteiger partial charge in [-0.2, -0.15) is 0 Å². The Morgan fingerprint density at radius 3 is 2.33 bits per heavy atom. The largest absolute Gasteiger partial charge is 0.436 e. The molecule has 0 amide bonds. The number of hydrogen-bond donors (Lipinski definition) is 0. The number of halogens is 4. The zero-order valence-electron chi connectivity index (χ0n) is 18.6. The molecular weight excluding hydrogens is 432 g/mol. The first-order valence-corrected chi connectivity index (χ1v) is 10.4. The number of ether oxygens (including phenoxy) is 1. The SMILES string of the molecule is Cc1cc(-c2cccc(F)c2)c(F)c(N(C)c2c(F)ccc(OC3=NC=C3C(C)C)c2F)c1. The van der Waals surface area contributed by atoms with E-state index in [-0.39, 0.29) is 28.8 Å². The average molecular weight is 454 g/mol. The van der Waals surface area contributed by atoms with Gasteiger partial charge in [-0.05, 0) is 60.4 Å². The van der Waals surface area contributed by atoms with E-state index in [1.165, 1.54) is 37.4 Å². The maximum absolute atomic E-state index is 15.5. The number of aryl methyl sites for hydroxylation is 1. The van der Waals surface area contributed by atoms with Gasteiger partial charge in [-0.15, -0.1) is 0 Å². The van der Waals surface area contributed by atoms with E-state index in [0.29, 0.717) is 11.1 Å². The van der Waals surface area contributed by atoms with Crippen molar-refractivity contribution in [2.75, 3.05) is 11.9 Å². The molecule has 1 aliphatic heterocycles. The van der Waals surface area contributed by atoms with Crippen LogP contribution < -0.4 is 9.64 Å². The number of anilines is 2. The molecule has 0 saturated carbocycles. The molecule has 0 aliphatic carbocycles. The van der Waals surface area contributed by atoms with Crippen molar-refractivity contribution in [1.82, 2.24) is 0 Å². The van der Waals surface area contributed by atoms with E-state index in [1.807, 2.05) is 13.8 Å². The van der Waals surface area contributed by atoms with Gasteiger partial charge >= 0.3 is 0 Å². The van der Waals surface area contributed by atoms with Gasteiger partial charge < -0.3 is 9.64 Å². The molecule has 0 aromatic heterocycles. The predicted molar refractivity (Wildman–Crippen MR) is 122 cm³/mol. The second-order valence-electron chi connectivity index (χ2n) is 8.20. The van der Waals surface area contributed by atoms with Gasteiger partial charge in [-0.1, -0.05) is 26.0 Å². The summed E-state index contributed by atoms with van der Waals surface area (Å²) in [5.74, 6) is -2.94. The molecule has 0 fully saturated rings. The van der Waals surface area contributed by atoms with Crippen LogP contribution in [-0.2, 0) is 0 Å². The first-order chi connectivity index (χ1) is 15.7. The highest BCUT2D eigenvalue weighted by atomic mass is 19.1. The maximum atomic E-state index is 15.5. The minimum atomic E-state index is -0.983. The van der Waals surface area contributed by atoms with Crippen LogP contribution in [0.5, 0.6) is 5.75 Å². The molecule has 0 bridgehead atoms. The zero-order valence-corrected chi connectivity index (χ0v) is 18.6. The molecule has 3 aromatic rings. The first-order valence-electron chi connectivity index (χ1n) is 10.4. The van der Waals surface area contributed by atoms with Gasteiger partial charge in [-0.3, -0.25) is 0 Å². The van der Waals surface area contributed by atoms with Crippen molar-refractivity contribution in [3.8, 4) is 16.9 Å². The molecule has 7 heteroatoms. The monoisotopic (exact) mass is 454 g/mol. The Balaban J connectivity index is 1.75. The van der Waals surface area contributed by atoms with Crippen LogP contribution in [0.3, 0.4) is 0 Å². The summed E-state index contributed by atoms with van der Waals surface area (Å²) in [4.78, 5) is 5.10. The number of benzene rings is 3. The van der Waals surface area contributed by atoms with Crippen molar-refractivity contribution in [3.63, 3.8) is 0 Å². The molecule has 1 aliphatic rings. The van der Waals surface area contributed by atoms with E-state index in [1.54, 1.807) is 25.3 Å². The fraction of sp³-hybridized carbons (Fsp3) is 0.192. The van der Waals surface area contributed by atoms with Crippen molar-refractivity contribution in [1.29, 1.82) is 0 Å². The summed E-state index contributed by atoms with van der Waals surface area (Å²) in [6.07, 6.45) is 1.63. The Morgan fingerprint density at radius 1 is 0.939 bits per heavy atom. The Morgan fingerprint density at radius 2 is 1.70 bits per heavy atom. The molecule has 0 spiro atoms. The number of aliphatic imine (C=N–C) groups is 1. The van der Waals surface area contributed by atoms with E-state index in [2.05, 4.69) is 4.99 Å². The van der Waals surface area contributed by atoms with Gasteiger partial charge in [-0.25, -0.2) is 22.6 Å². The Bertz CT molecular complexity index is 1300. The molecule has 3 aromatic carbocycles. The van der Waals surface area contributed by atoms with Crippen LogP contribution >= 0.6 is 0 Å². The van der Waals surface area contributed by atoms with E-state index in [9.17, 15) is 8.78 Å². The van der Waals surface area contributed by atoms with Crippen molar-refractivity contribution in [2.45, 2.75) is 20.8 Å². The molecule has 0 N–H and O–H groups in total. The quantitative estimate of drug-likeness (QED) is 0.378. The summed E-state index contributed by atoms with van der Waals surface area (Å²) < 4.78 is 64.9. The molecule has 0 unspecified atom stereocenters. The van der Waals surface area contributed by atoms with E-state index in [4.69, 9.17) is 4.74 Å². The van der Waals surface area contributed by atoms with E-state index < -0.39 is 29.0 Å². The fourth-order valence-electron chi connectivity index (χ4n) is 3.67. The maximum Gasteiger partial charge on any atom is 0.224 e. The van der Waals surface area contributed by atoms with Gasteiger partial charge in [0, 0.05) is 24.4 Å². The van der Waals surface area contributed by atoms with Crippen molar-refractivity contribution >= 4 is 17.3 Å². The molecule has 33 heavy (non-hydrogen) atoms. The van der Waals surface area contributed by atoms with E-state index >= 15 is 8.78 Å². The van der Waals surface area contributed by atoms with Crippen LogP contribution in [0.2, 0.25) is 0 Å². The predicted octanol–water partition coefficient (Wildman–Crippen LogP) is 7.32. The lowest BCUT2D eigenvalue weighted by molar-refractivity contribution is 0.475. The molecule has 1 heterocycles. The van der Waals surface area contributed by atoms with Crippen LogP contribution in [0.4, 0.5) is 28.9 Å². The Kier molecular flexibility index (Phi) is 5.97. The van der Waals surface area contributed by atoms with Gasteiger partial charge in [0.15, 0.2) is 17.4 Å². The lowest BCUT2D eigenvalue weighted by atomic mass is 10.0. The lowest BCUT2D eigenvalue weighted by Crippen LogP contribution is -2.22. The van der Waals surface area contributed by atoms with Gasteiger partial charge in [0.25, 0.3) is 0 Å². The molecule has 0 saturated heterocycles. The minimum Gasteiger partial charge on any atom is -0.436 e. The standard InChI is InChI=1S/C26H22F4N2O/c1-14(2)19-13-31-26(19)33-22-9-8-20(28)25(24(22)30)32(4)21-11-15(3)10-18(23(21)29)16-6-5-7-17(27)12-16/h5-14H,1-4H3. The van der Waals surface area contributed by atoms with Gasteiger partial charge in [0.1, 0.15) is 17.3 Å². The second-order valence-corrected chi connectivity index (χ2v) is 8.20. The summed E-state index contributed by atoms with van der Waals surface area (Å²) in [5.41, 5.74) is 1.37. The summed E-state index contributed by atoms with van der Waals surface area (Å²) >= 11 is 0. The van der Waals surface area contributed by atoms with Crippen LogP contribution in [0.15, 0.2) is 65.3 Å². The number of hydrogen-bond acceptors (Lipinski definition) is 3. The van der Waals surface area contributed by atoms with Crippen LogP contribution in [-0.4, -0.2) is 12.9 Å². The summed E-state index contributed by atoms with van der Waals surface area (Å²) in [6, 6.07) is 10.8. The highest BCUT2D eigenvalue weighted by molar-refractivity contribution is 6.00. The lowest BCUT2D eigenvalue weighted by Gasteiger charge is -2.25. The van der Waals surface area contributed by atoms with Crippen LogP contribution in [0.25, 0.3) is 11.1 Å². The van der Waals surface area contributed by atoms with Crippen molar-refractivity contribution in [2.24, 2.45) is 10.9 Å². The molecule has 0 atom stereocenters. The fourth-order valence-corrected chi connectivity index (χ4v) is 3.67. The molecule has 3 nitrogen and oxygen atoms in total. The highest BCUT2D eigenvalue weighted by Crippen LogP contribution is 2.39. The Hall–Kier alpha value is -3.61. The van der Waals surface area contributed by atoms with Gasteiger partial charge in [0.2, 0.25) is 5.90 Å². The zero-order chi connectivity index (χ0) is 23.9. The molecule has 0 radical (unpaired) electrons. The number of rotatable bonds is 5. The normalized spacial score (nSPS) is 12.9. The Labute approximate surface area is 189 Å². The summed E-state index contributed by atoms with van der Waals surface area (Å²) in [6.45, 7) is 5.61. The molecule has 170 valence electrons.